The second-order valence-corrected chi connectivity index (χ2v) is 3.94. The summed E-state index contributed by atoms with van der Waals surface area (Å²) in [5.74, 6) is -0.438. The molecule has 1 unspecified atom stereocenters. The van der Waals surface area contributed by atoms with E-state index < -0.39 is 11.7 Å². The van der Waals surface area contributed by atoms with Crippen molar-refractivity contribution in [3.8, 4) is 11.5 Å². The summed E-state index contributed by atoms with van der Waals surface area (Å²) < 4.78 is 48.5. The number of methoxy groups -OCH3 is 2. The second-order valence-electron chi connectivity index (χ2n) is 3.94. The molecule has 3 nitrogen and oxygen atoms in total. The fourth-order valence-corrected chi connectivity index (χ4v) is 1.62. The van der Waals surface area contributed by atoms with E-state index in [1.54, 1.807) is 6.92 Å². The van der Waals surface area contributed by atoms with Crippen LogP contribution in [0.1, 0.15) is 24.0 Å². The lowest BCUT2D eigenvalue weighted by atomic mass is 9.97. The van der Waals surface area contributed by atoms with E-state index in [1.807, 2.05) is 0 Å². The zero-order valence-corrected chi connectivity index (χ0v) is 10.5. The highest BCUT2D eigenvalue weighted by molar-refractivity contribution is 5.51. The van der Waals surface area contributed by atoms with Gasteiger partial charge in [-0.25, -0.2) is 0 Å². The van der Waals surface area contributed by atoms with E-state index in [4.69, 9.17) is 15.2 Å². The van der Waals surface area contributed by atoms with Crippen molar-refractivity contribution in [2.75, 3.05) is 20.8 Å². The average molecular weight is 263 g/mol. The maximum atomic E-state index is 12.9. The fraction of sp³-hybridized carbons (Fsp3) is 0.500. The van der Waals surface area contributed by atoms with Crippen LogP contribution in [0.3, 0.4) is 0 Å². The van der Waals surface area contributed by atoms with Crippen molar-refractivity contribution >= 4 is 0 Å². The first-order valence-electron chi connectivity index (χ1n) is 5.38. The smallest absolute Gasteiger partial charge is 0.420 e. The van der Waals surface area contributed by atoms with Crippen molar-refractivity contribution < 1.29 is 22.6 Å². The fourth-order valence-electron chi connectivity index (χ4n) is 1.62. The molecule has 0 aliphatic rings. The maximum Gasteiger partial charge on any atom is 0.420 e. The number of halogens is 3. The minimum Gasteiger partial charge on any atom is -0.493 e. The third-order valence-electron chi connectivity index (χ3n) is 2.73. The number of nitrogens with two attached hydrogens (primary N) is 1. The molecule has 18 heavy (non-hydrogen) atoms. The Bertz CT molecular complexity index is 419. The third kappa shape index (κ3) is 2.87. The molecule has 0 aliphatic carbocycles. The first kappa shape index (κ1) is 14.6. The van der Waals surface area contributed by atoms with Crippen molar-refractivity contribution in [1.29, 1.82) is 0 Å². The monoisotopic (exact) mass is 263 g/mol. The summed E-state index contributed by atoms with van der Waals surface area (Å²) in [6.45, 7) is 2.01. The molecule has 0 saturated carbocycles. The lowest BCUT2D eigenvalue weighted by Crippen LogP contribution is -2.13. The van der Waals surface area contributed by atoms with E-state index in [2.05, 4.69) is 0 Å². The number of rotatable bonds is 4. The van der Waals surface area contributed by atoms with Crippen molar-refractivity contribution in [1.82, 2.24) is 0 Å². The SMILES string of the molecule is COc1cc(C(C)CN)cc(C(F)(F)F)c1OC. The first-order chi connectivity index (χ1) is 8.35. The summed E-state index contributed by atoms with van der Waals surface area (Å²) in [4.78, 5) is 0. The number of ether oxygens (including phenoxy) is 2. The molecule has 0 aromatic heterocycles. The van der Waals surface area contributed by atoms with Gasteiger partial charge >= 0.3 is 6.18 Å². The topological polar surface area (TPSA) is 44.5 Å². The van der Waals surface area contributed by atoms with Crippen LogP contribution in [0.15, 0.2) is 12.1 Å². The predicted molar refractivity (Wildman–Crippen MR) is 62.0 cm³/mol. The largest absolute Gasteiger partial charge is 0.493 e. The molecule has 0 spiro atoms. The Kier molecular flexibility index (Phi) is 4.45. The highest BCUT2D eigenvalue weighted by atomic mass is 19.4. The van der Waals surface area contributed by atoms with Gasteiger partial charge in [-0.2, -0.15) is 13.2 Å². The van der Waals surface area contributed by atoms with E-state index in [1.165, 1.54) is 20.3 Å². The van der Waals surface area contributed by atoms with Crippen LogP contribution in [-0.4, -0.2) is 20.8 Å². The van der Waals surface area contributed by atoms with Gasteiger partial charge in [0.1, 0.15) is 5.56 Å². The molecule has 1 atom stereocenters. The van der Waals surface area contributed by atoms with Gasteiger partial charge < -0.3 is 15.2 Å². The molecular weight excluding hydrogens is 247 g/mol. The summed E-state index contributed by atoms with van der Waals surface area (Å²) in [5.41, 5.74) is 5.10. The van der Waals surface area contributed by atoms with Crippen LogP contribution in [-0.2, 0) is 6.18 Å². The van der Waals surface area contributed by atoms with Crippen LogP contribution in [0.5, 0.6) is 11.5 Å². The van der Waals surface area contributed by atoms with Gasteiger partial charge in [-0.05, 0) is 30.2 Å². The average Bonchev–Trinajstić information content (AvgIpc) is 2.34. The van der Waals surface area contributed by atoms with Crippen LogP contribution in [0, 0.1) is 0 Å². The Labute approximate surface area is 104 Å². The van der Waals surface area contributed by atoms with Crippen LogP contribution in [0.2, 0.25) is 0 Å². The van der Waals surface area contributed by atoms with Gasteiger partial charge in [0, 0.05) is 0 Å². The minimum atomic E-state index is -4.50. The predicted octanol–water partition coefficient (Wildman–Crippen LogP) is 2.78. The highest BCUT2D eigenvalue weighted by Crippen LogP contribution is 2.43. The maximum absolute atomic E-state index is 12.9. The van der Waals surface area contributed by atoms with Gasteiger partial charge in [-0.3, -0.25) is 0 Å². The zero-order valence-electron chi connectivity index (χ0n) is 10.5. The number of alkyl halides is 3. The first-order valence-corrected chi connectivity index (χ1v) is 5.38. The summed E-state index contributed by atoms with van der Waals surface area (Å²) in [7, 11) is 2.48. The molecule has 102 valence electrons. The normalized spacial score (nSPS) is 13.3. The molecule has 1 aromatic rings. The van der Waals surface area contributed by atoms with Crippen molar-refractivity contribution in [3.05, 3.63) is 23.3 Å². The summed E-state index contributed by atoms with van der Waals surface area (Å²) >= 11 is 0. The van der Waals surface area contributed by atoms with Crippen molar-refractivity contribution in [2.24, 2.45) is 5.73 Å². The molecular formula is C12H16F3NO2. The molecule has 0 aliphatic heterocycles. The standard InChI is InChI=1S/C12H16F3NO2/c1-7(6-16)8-4-9(12(13,14)15)11(18-3)10(5-8)17-2/h4-5,7H,6,16H2,1-3H3. The molecule has 1 aromatic carbocycles. The zero-order chi connectivity index (χ0) is 13.9. The van der Waals surface area contributed by atoms with E-state index >= 15 is 0 Å². The van der Waals surface area contributed by atoms with Crippen LogP contribution in [0.25, 0.3) is 0 Å². The van der Waals surface area contributed by atoms with E-state index in [0.717, 1.165) is 6.07 Å². The molecule has 0 bridgehead atoms. The Morgan fingerprint density at radius 3 is 2.22 bits per heavy atom. The van der Waals surface area contributed by atoms with Gasteiger partial charge in [-0.1, -0.05) is 6.92 Å². The molecule has 0 heterocycles. The molecule has 2 N–H and O–H groups in total. The Morgan fingerprint density at radius 1 is 1.22 bits per heavy atom. The molecule has 0 radical (unpaired) electrons. The Morgan fingerprint density at radius 2 is 1.83 bits per heavy atom. The van der Waals surface area contributed by atoms with E-state index in [0.29, 0.717) is 5.56 Å². The van der Waals surface area contributed by atoms with Crippen LogP contribution >= 0.6 is 0 Å². The van der Waals surface area contributed by atoms with Gasteiger partial charge in [0.15, 0.2) is 11.5 Å². The van der Waals surface area contributed by atoms with Crippen LogP contribution in [0.4, 0.5) is 13.2 Å². The minimum absolute atomic E-state index is 0.0580. The summed E-state index contributed by atoms with van der Waals surface area (Å²) in [6, 6.07) is 2.57. The summed E-state index contributed by atoms with van der Waals surface area (Å²) in [6.07, 6.45) is -4.50. The molecule has 0 fully saturated rings. The lowest BCUT2D eigenvalue weighted by Gasteiger charge is -2.19. The molecule has 6 heteroatoms. The number of hydrogen-bond acceptors (Lipinski definition) is 3. The van der Waals surface area contributed by atoms with Crippen LogP contribution < -0.4 is 15.2 Å². The Hall–Kier alpha value is -1.43. The van der Waals surface area contributed by atoms with E-state index in [9.17, 15) is 13.2 Å². The quantitative estimate of drug-likeness (QED) is 0.908. The Balaban J connectivity index is 3.46. The second kappa shape index (κ2) is 5.48. The summed E-state index contributed by atoms with van der Waals surface area (Å²) in [5, 5.41) is 0. The van der Waals surface area contributed by atoms with Crippen molar-refractivity contribution in [2.45, 2.75) is 19.0 Å². The van der Waals surface area contributed by atoms with Gasteiger partial charge in [0.25, 0.3) is 0 Å². The van der Waals surface area contributed by atoms with E-state index in [-0.39, 0.29) is 24.0 Å². The van der Waals surface area contributed by atoms with Gasteiger partial charge in [0.2, 0.25) is 0 Å². The van der Waals surface area contributed by atoms with Gasteiger partial charge in [-0.15, -0.1) is 0 Å². The molecule has 0 saturated heterocycles. The van der Waals surface area contributed by atoms with Gasteiger partial charge in [0.05, 0.1) is 14.2 Å². The molecule has 0 amide bonds. The third-order valence-corrected chi connectivity index (χ3v) is 2.73. The molecule has 1 rings (SSSR count). The lowest BCUT2D eigenvalue weighted by molar-refractivity contribution is -0.138. The number of benzene rings is 1. The van der Waals surface area contributed by atoms with Crippen molar-refractivity contribution in [3.63, 3.8) is 0 Å². The highest BCUT2D eigenvalue weighted by Gasteiger charge is 2.36. The number of hydrogen-bond donors (Lipinski definition) is 1.